The zero-order valence-corrected chi connectivity index (χ0v) is 20.4. The lowest BCUT2D eigenvalue weighted by atomic mass is 10.1. The van der Waals surface area contributed by atoms with Gasteiger partial charge in [-0.05, 0) is 54.8 Å². The molecule has 0 spiro atoms. The van der Waals surface area contributed by atoms with Crippen molar-refractivity contribution in [3.63, 3.8) is 0 Å². The number of hydrogen-bond donors (Lipinski definition) is 2. The number of carbonyl (C=O) groups excluding carboxylic acids is 3. The van der Waals surface area contributed by atoms with Gasteiger partial charge in [-0.1, -0.05) is 42.5 Å². The molecule has 0 aromatic heterocycles. The summed E-state index contributed by atoms with van der Waals surface area (Å²) < 4.78 is 16.0. The Labute approximate surface area is 214 Å². The summed E-state index contributed by atoms with van der Waals surface area (Å²) in [6, 6.07) is 26.4. The van der Waals surface area contributed by atoms with Gasteiger partial charge in [0.25, 0.3) is 11.8 Å². The summed E-state index contributed by atoms with van der Waals surface area (Å²) in [5.41, 5.74) is 1.48. The van der Waals surface area contributed by atoms with Crippen molar-refractivity contribution in [1.29, 1.82) is 0 Å². The summed E-state index contributed by atoms with van der Waals surface area (Å²) in [5.74, 6) is -0.405. The van der Waals surface area contributed by atoms with Crippen molar-refractivity contribution >= 4 is 39.9 Å². The van der Waals surface area contributed by atoms with Gasteiger partial charge in [0.1, 0.15) is 11.5 Å². The molecule has 37 heavy (non-hydrogen) atoms. The molecular formula is C29H26N2O6. The standard InChI is InChI=1S/C29H26N2O6/c1-19(28(33)31-26-12-5-8-20-7-3-4-11-25(20)26)37-29(34)21-13-15-23(16-14-21)36-18-27(32)30-22-9-6-10-24(17-22)35-2/h3-17,19H,18H2,1-2H3,(H,30,32)(H,31,33). The Morgan fingerprint density at radius 3 is 2.32 bits per heavy atom. The first-order valence-corrected chi connectivity index (χ1v) is 11.6. The minimum absolute atomic E-state index is 0.216. The average Bonchev–Trinajstić information content (AvgIpc) is 2.92. The molecule has 0 saturated carbocycles. The minimum Gasteiger partial charge on any atom is -0.497 e. The number of amides is 2. The van der Waals surface area contributed by atoms with Crippen LogP contribution in [0.4, 0.5) is 11.4 Å². The Morgan fingerprint density at radius 2 is 1.54 bits per heavy atom. The number of carbonyl (C=O) groups is 3. The lowest BCUT2D eigenvalue weighted by Crippen LogP contribution is -2.30. The number of anilines is 2. The van der Waals surface area contributed by atoms with Crippen molar-refractivity contribution in [3.8, 4) is 11.5 Å². The number of nitrogens with one attached hydrogen (secondary N) is 2. The van der Waals surface area contributed by atoms with Crippen LogP contribution in [0.3, 0.4) is 0 Å². The largest absolute Gasteiger partial charge is 0.497 e. The number of ether oxygens (including phenoxy) is 3. The average molecular weight is 499 g/mol. The van der Waals surface area contributed by atoms with E-state index in [1.165, 1.54) is 19.1 Å². The van der Waals surface area contributed by atoms with Crippen LogP contribution < -0.4 is 20.1 Å². The zero-order valence-electron chi connectivity index (χ0n) is 20.4. The van der Waals surface area contributed by atoms with E-state index >= 15 is 0 Å². The highest BCUT2D eigenvalue weighted by Gasteiger charge is 2.20. The topological polar surface area (TPSA) is 103 Å². The normalized spacial score (nSPS) is 11.3. The van der Waals surface area contributed by atoms with Gasteiger partial charge >= 0.3 is 5.97 Å². The molecule has 4 aromatic rings. The molecule has 1 atom stereocenters. The molecular weight excluding hydrogens is 472 g/mol. The van der Waals surface area contributed by atoms with E-state index < -0.39 is 18.0 Å². The smallest absolute Gasteiger partial charge is 0.338 e. The van der Waals surface area contributed by atoms with Crippen LogP contribution in [0, 0.1) is 0 Å². The first-order chi connectivity index (χ1) is 17.9. The van der Waals surface area contributed by atoms with E-state index in [4.69, 9.17) is 14.2 Å². The van der Waals surface area contributed by atoms with Crippen molar-refractivity contribution in [2.24, 2.45) is 0 Å². The molecule has 4 aromatic carbocycles. The van der Waals surface area contributed by atoms with Crippen molar-refractivity contribution in [2.75, 3.05) is 24.4 Å². The summed E-state index contributed by atoms with van der Waals surface area (Å²) in [4.78, 5) is 37.3. The Morgan fingerprint density at radius 1 is 0.811 bits per heavy atom. The van der Waals surface area contributed by atoms with Crippen LogP contribution in [0.2, 0.25) is 0 Å². The number of methoxy groups -OCH3 is 1. The predicted molar refractivity (Wildman–Crippen MR) is 141 cm³/mol. The molecule has 0 saturated heterocycles. The molecule has 2 N–H and O–H groups in total. The van der Waals surface area contributed by atoms with E-state index in [1.54, 1.807) is 49.6 Å². The highest BCUT2D eigenvalue weighted by atomic mass is 16.5. The molecule has 2 amide bonds. The van der Waals surface area contributed by atoms with E-state index in [9.17, 15) is 14.4 Å². The molecule has 0 aliphatic rings. The Kier molecular flexibility index (Phi) is 8.00. The van der Waals surface area contributed by atoms with Gasteiger partial charge in [0.05, 0.1) is 12.7 Å². The van der Waals surface area contributed by atoms with Crippen molar-refractivity contribution in [1.82, 2.24) is 0 Å². The fourth-order valence-electron chi connectivity index (χ4n) is 3.58. The van der Waals surface area contributed by atoms with Crippen LogP contribution >= 0.6 is 0 Å². The van der Waals surface area contributed by atoms with E-state index in [2.05, 4.69) is 10.6 Å². The van der Waals surface area contributed by atoms with Gasteiger partial charge in [-0.15, -0.1) is 0 Å². The van der Waals surface area contributed by atoms with Crippen LogP contribution in [-0.4, -0.2) is 37.6 Å². The van der Waals surface area contributed by atoms with E-state index in [0.29, 0.717) is 22.9 Å². The Bertz CT molecular complexity index is 1410. The number of fused-ring (bicyclic) bond motifs is 1. The van der Waals surface area contributed by atoms with Gasteiger partial charge in [-0.2, -0.15) is 0 Å². The molecule has 0 bridgehead atoms. The van der Waals surface area contributed by atoms with Crippen LogP contribution in [0.25, 0.3) is 10.8 Å². The molecule has 8 nitrogen and oxygen atoms in total. The second kappa shape index (κ2) is 11.7. The summed E-state index contributed by atoms with van der Waals surface area (Å²) >= 11 is 0. The highest BCUT2D eigenvalue weighted by molar-refractivity contribution is 6.04. The van der Waals surface area contributed by atoms with Gasteiger partial charge in [0, 0.05) is 22.8 Å². The highest BCUT2D eigenvalue weighted by Crippen LogP contribution is 2.23. The van der Waals surface area contributed by atoms with E-state index in [-0.39, 0.29) is 18.1 Å². The zero-order chi connectivity index (χ0) is 26.2. The van der Waals surface area contributed by atoms with Crippen LogP contribution in [0.5, 0.6) is 11.5 Å². The SMILES string of the molecule is COc1cccc(NC(=O)COc2ccc(C(=O)OC(C)C(=O)Nc3cccc4ccccc34)cc2)c1. The van der Waals surface area contributed by atoms with Crippen LogP contribution in [0.1, 0.15) is 17.3 Å². The Hall–Kier alpha value is -4.85. The maximum atomic E-state index is 12.6. The molecule has 188 valence electrons. The molecule has 8 heteroatoms. The quantitative estimate of drug-likeness (QED) is 0.313. The third-order valence-electron chi connectivity index (χ3n) is 5.51. The number of rotatable bonds is 9. The monoisotopic (exact) mass is 498 g/mol. The first-order valence-electron chi connectivity index (χ1n) is 11.6. The van der Waals surface area contributed by atoms with E-state index in [0.717, 1.165) is 10.8 Å². The second-order valence-electron chi connectivity index (χ2n) is 8.16. The van der Waals surface area contributed by atoms with Gasteiger partial charge in [-0.25, -0.2) is 4.79 Å². The molecule has 4 rings (SSSR count). The maximum absolute atomic E-state index is 12.6. The number of esters is 1. The van der Waals surface area contributed by atoms with Gasteiger partial charge in [0.15, 0.2) is 12.7 Å². The molecule has 0 aliphatic heterocycles. The fraction of sp³-hybridized carbons (Fsp3) is 0.138. The summed E-state index contributed by atoms with van der Waals surface area (Å²) in [6.45, 7) is 1.29. The van der Waals surface area contributed by atoms with Gasteiger partial charge in [-0.3, -0.25) is 9.59 Å². The number of hydrogen-bond acceptors (Lipinski definition) is 6. The van der Waals surface area contributed by atoms with E-state index in [1.807, 2.05) is 36.4 Å². The fourth-order valence-corrected chi connectivity index (χ4v) is 3.58. The molecule has 0 heterocycles. The van der Waals surface area contributed by atoms with Crippen molar-refractivity contribution in [2.45, 2.75) is 13.0 Å². The Balaban J connectivity index is 1.28. The summed E-state index contributed by atoms with van der Waals surface area (Å²) in [6.07, 6.45) is -1.01. The van der Waals surface area contributed by atoms with Crippen LogP contribution in [-0.2, 0) is 14.3 Å². The van der Waals surface area contributed by atoms with Gasteiger partial charge in [0.2, 0.25) is 0 Å². The molecule has 0 aliphatic carbocycles. The van der Waals surface area contributed by atoms with Crippen LogP contribution in [0.15, 0.2) is 91.0 Å². The first kappa shape index (κ1) is 25.2. The number of benzene rings is 4. The minimum atomic E-state index is -1.01. The maximum Gasteiger partial charge on any atom is 0.338 e. The molecule has 0 fully saturated rings. The lowest BCUT2D eigenvalue weighted by Gasteiger charge is -2.15. The molecule has 1 unspecified atom stereocenters. The predicted octanol–water partition coefficient (Wildman–Crippen LogP) is 5.05. The van der Waals surface area contributed by atoms with Crippen molar-refractivity contribution in [3.05, 3.63) is 96.6 Å². The lowest BCUT2D eigenvalue weighted by molar-refractivity contribution is -0.123. The summed E-state index contributed by atoms with van der Waals surface area (Å²) in [7, 11) is 1.55. The van der Waals surface area contributed by atoms with Crippen molar-refractivity contribution < 1.29 is 28.6 Å². The third kappa shape index (κ3) is 6.64. The second-order valence-corrected chi connectivity index (χ2v) is 8.16. The summed E-state index contributed by atoms with van der Waals surface area (Å²) in [5, 5.41) is 7.42. The molecule has 0 radical (unpaired) electrons. The van der Waals surface area contributed by atoms with Gasteiger partial charge < -0.3 is 24.8 Å². The third-order valence-corrected chi connectivity index (χ3v) is 5.51.